The van der Waals surface area contributed by atoms with Gasteiger partial charge in [-0.2, -0.15) is 5.10 Å². The number of benzene rings is 3. The number of hydrogen-bond acceptors (Lipinski definition) is 7. The van der Waals surface area contributed by atoms with E-state index in [1.807, 2.05) is 0 Å². The lowest BCUT2D eigenvalue weighted by Crippen LogP contribution is -2.18. The number of nitro benzene ring substituents is 1. The Hall–Kier alpha value is -4.79. The third-order valence-electron chi connectivity index (χ3n) is 4.33. The second-order valence-electron chi connectivity index (χ2n) is 6.57. The average Bonchev–Trinajstić information content (AvgIpc) is 2.83. The SMILES string of the molecule is COc1ccc(/C=C/C(=O)Oc2cccc(/C=N\NC(=O)c3ccccc3[N+](=O)[O-])c2)cc1. The van der Waals surface area contributed by atoms with Crippen LogP contribution >= 0.6 is 0 Å². The lowest BCUT2D eigenvalue weighted by atomic mass is 10.2. The molecule has 3 aromatic carbocycles. The highest BCUT2D eigenvalue weighted by molar-refractivity contribution is 5.98. The Balaban J connectivity index is 1.59. The van der Waals surface area contributed by atoms with Crippen molar-refractivity contribution in [3.63, 3.8) is 0 Å². The van der Waals surface area contributed by atoms with Crippen molar-refractivity contribution >= 4 is 29.9 Å². The zero-order chi connectivity index (χ0) is 23.6. The van der Waals surface area contributed by atoms with Gasteiger partial charge in [0.25, 0.3) is 11.6 Å². The van der Waals surface area contributed by atoms with Gasteiger partial charge in [0.1, 0.15) is 17.1 Å². The molecule has 0 aliphatic heterocycles. The summed E-state index contributed by atoms with van der Waals surface area (Å²) >= 11 is 0. The lowest BCUT2D eigenvalue weighted by Gasteiger charge is -2.03. The number of carbonyl (C=O) groups is 2. The van der Waals surface area contributed by atoms with E-state index >= 15 is 0 Å². The molecule has 1 N–H and O–H groups in total. The van der Waals surface area contributed by atoms with Crippen LogP contribution in [0.3, 0.4) is 0 Å². The Kier molecular flexibility index (Phi) is 7.63. The van der Waals surface area contributed by atoms with Gasteiger partial charge in [0.15, 0.2) is 0 Å². The highest BCUT2D eigenvalue weighted by Gasteiger charge is 2.18. The Morgan fingerprint density at radius 3 is 2.45 bits per heavy atom. The number of methoxy groups -OCH3 is 1. The Morgan fingerprint density at radius 2 is 1.73 bits per heavy atom. The van der Waals surface area contributed by atoms with Crippen LogP contribution in [0.4, 0.5) is 5.69 Å². The van der Waals surface area contributed by atoms with Crippen LogP contribution in [-0.4, -0.2) is 30.1 Å². The smallest absolute Gasteiger partial charge is 0.336 e. The van der Waals surface area contributed by atoms with E-state index in [4.69, 9.17) is 9.47 Å². The molecule has 9 nitrogen and oxygen atoms in total. The first kappa shape index (κ1) is 22.9. The van der Waals surface area contributed by atoms with Crippen molar-refractivity contribution in [1.82, 2.24) is 5.43 Å². The fourth-order valence-corrected chi connectivity index (χ4v) is 2.74. The van der Waals surface area contributed by atoms with Crippen molar-refractivity contribution in [3.8, 4) is 11.5 Å². The van der Waals surface area contributed by atoms with E-state index < -0.39 is 16.8 Å². The Labute approximate surface area is 189 Å². The molecule has 3 aromatic rings. The van der Waals surface area contributed by atoms with E-state index in [2.05, 4.69) is 10.5 Å². The summed E-state index contributed by atoms with van der Waals surface area (Å²) in [4.78, 5) is 34.7. The summed E-state index contributed by atoms with van der Waals surface area (Å²) in [6.45, 7) is 0. The van der Waals surface area contributed by atoms with Crippen LogP contribution in [0.1, 0.15) is 21.5 Å². The first-order valence-corrected chi connectivity index (χ1v) is 9.67. The molecule has 0 fully saturated rings. The zero-order valence-electron chi connectivity index (χ0n) is 17.5. The van der Waals surface area contributed by atoms with Crippen LogP contribution in [0, 0.1) is 10.1 Å². The van der Waals surface area contributed by atoms with E-state index in [1.165, 1.54) is 36.6 Å². The predicted octanol–water partition coefficient (Wildman–Crippen LogP) is 3.99. The first-order chi connectivity index (χ1) is 16.0. The van der Waals surface area contributed by atoms with Crippen molar-refractivity contribution in [2.45, 2.75) is 0 Å². The van der Waals surface area contributed by atoms with Crippen LogP contribution in [-0.2, 0) is 4.79 Å². The molecule has 0 bridgehead atoms. The monoisotopic (exact) mass is 445 g/mol. The first-order valence-electron chi connectivity index (χ1n) is 9.67. The molecular formula is C24H19N3O6. The maximum Gasteiger partial charge on any atom is 0.336 e. The van der Waals surface area contributed by atoms with Gasteiger partial charge in [-0.1, -0.05) is 36.4 Å². The van der Waals surface area contributed by atoms with Gasteiger partial charge in [-0.05, 0) is 47.5 Å². The van der Waals surface area contributed by atoms with Crippen molar-refractivity contribution in [3.05, 3.63) is 106 Å². The molecule has 3 rings (SSSR count). The molecule has 33 heavy (non-hydrogen) atoms. The third-order valence-corrected chi connectivity index (χ3v) is 4.33. The second-order valence-corrected chi connectivity index (χ2v) is 6.57. The third kappa shape index (κ3) is 6.59. The number of nitro groups is 1. The van der Waals surface area contributed by atoms with Gasteiger partial charge in [-0.3, -0.25) is 14.9 Å². The van der Waals surface area contributed by atoms with Gasteiger partial charge < -0.3 is 9.47 Å². The molecule has 0 heterocycles. The van der Waals surface area contributed by atoms with Gasteiger partial charge >= 0.3 is 5.97 Å². The van der Waals surface area contributed by atoms with E-state index in [0.717, 1.165) is 5.56 Å². The Bertz CT molecular complexity index is 1220. The summed E-state index contributed by atoms with van der Waals surface area (Å²) in [5.41, 5.74) is 3.18. The molecule has 0 aliphatic carbocycles. The van der Waals surface area contributed by atoms with E-state index in [1.54, 1.807) is 61.7 Å². The second kappa shape index (κ2) is 11.0. The lowest BCUT2D eigenvalue weighted by molar-refractivity contribution is -0.385. The number of amides is 1. The van der Waals surface area contributed by atoms with E-state index in [9.17, 15) is 19.7 Å². The zero-order valence-corrected chi connectivity index (χ0v) is 17.5. The predicted molar refractivity (Wildman–Crippen MR) is 122 cm³/mol. The number of carbonyl (C=O) groups excluding carboxylic acids is 2. The van der Waals surface area contributed by atoms with E-state index in [0.29, 0.717) is 11.3 Å². The molecule has 166 valence electrons. The molecule has 0 radical (unpaired) electrons. The van der Waals surface area contributed by atoms with Crippen LogP contribution in [0.15, 0.2) is 84.0 Å². The van der Waals surface area contributed by atoms with Crippen molar-refractivity contribution in [2.75, 3.05) is 7.11 Å². The fourth-order valence-electron chi connectivity index (χ4n) is 2.74. The number of hydrazone groups is 1. The number of ether oxygens (including phenoxy) is 2. The minimum absolute atomic E-state index is 0.106. The number of esters is 1. The molecule has 0 aliphatic rings. The molecule has 0 unspecified atom stereocenters. The fraction of sp³-hybridized carbons (Fsp3) is 0.0417. The number of para-hydroxylation sites is 1. The van der Waals surface area contributed by atoms with Gasteiger partial charge in [-0.15, -0.1) is 0 Å². The van der Waals surface area contributed by atoms with Gasteiger partial charge in [0, 0.05) is 12.1 Å². The molecule has 0 aromatic heterocycles. The minimum atomic E-state index is -0.718. The molecule has 0 saturated carbocycles. The minimum Gasteiger partial charge on any atom is -0.497 e. The summed E-state index contributed by atoms with van der Waals surface area (Å²) < 4.78 is 10.4. The number of hydrogen-bond donors (Lipinski definition) is 1. The summed E-state index contributed by atoms with van der Waals surface area (Å²) in [5.74, 6) is -0.283. The highest BCUT2D eigenvalue weighted by atomic mass is 16.6. The molecular weight excluding hydrogens is 426 g/mol. The van der Waals surface area contributed by atoms with Gasteiger partial charge in [0.2, 0.25) is 0 Å². The molecule has 9 heteroatoms. The number of nitrogens with zero attached hydrogens (tertiary/aromatic N) is 2. The summed E-state index contributed by atoms with van der Waals surface area (Å²) in [5, 5.41) is 14.9. The molecule has 1 amide bonds. The Morgan fingerprint density at radius 1 is 0.970 bits per heavy atom. The standard InChI is InChI=1S/C24H19N3O6/c1-32-19-12-9-17(10-13-19)11-14-23(28)33-20-6-4-5-18(15-20)16-25-26-24(29)21-7-2-3-8-22(21)27(30)31/h2-16H,1H3,(H,26,29)/b14-11+,25-16-. The van der Waals surface area contributed by atoms with Crippen molar-refractivity contribution in [2.24, 2.45) is 5.10 Å². The topological polar surface area (TPSA) is 120 Å². The maximum absolute atomic E-state index is 12.2. The van der Waals surface area contributed by atoms with E-state index in [-0.39, 0.29) is 17.0 Å². The van der Waals surface area contributed by atoms with Crippen molar-refractivity contribution in [1.29, 1.82) is 0 Å². The normalized spacial score (nSPS) is 10.8. The quantitative estimate of drug-likeness (QED) is 0.140. The average molecular weight is 445 g/mol. The highest BCUT2D eigenvalue weighted by Crippen LogP contribution is 2.17. The molecule has 0 saturated heterocycles. The summed E-state index contributed by atoms with van der Waals surface area (Å²) in [7, 11) is 1.57. The van der Waals surface area contributed by atoms with Crippen LogP contribution < -0.4 is 14.9 Å². The summed E-state index contributed by atoms with van der Waals surface area (Å²) in [6.07, 6.45) is 4.25. The number of rotatable bonds is 8. The number of nitrogens with one attached hydrogen (secondary N) is 1. The van der Waals surface area contributed by atoms with Crippen LogP contribution in [0.25, 0.3) is 6.08 Å². The maximum atomic E-state index is 12.2. The molecule has 0 atom stereocenters. The largest absolute Gasteiger partial charge is 0.497 e. The van der Waals surface area contributed by atoms with Gasteiger partial charge in [0.05, 0.1) is 18.2 Å². The molecule has 0 spiro atoms. The van der Waals surface area contributed by atoms with Crippen molar-refractivity contribution < 1.29 is 24.0 Å². The summed E-state index contributed by atoms with van der Waals surface area (Å²) in [6, 6.07) is 19.2. The van der Waals surface area contributed by atoms with Gasteiger partial charge in [-0.25, -0.2) is 10.2 Å². The van der Waals surface area contributed by atoms with Crippen LogP contribution in [0.5, 0.6) is 11.5 Å². The van der Waals surface area contributed by atoms with Crippen LogP contribution in [0.2, 0.25) is 0 Å².